The molecule has 108 valence electrons. The quantitative estimate of drug-likeness (QED) is 0.884. The molecule has 0 spiro atoms. The van der Waals surface area contributed by atoms with E-state index in [1.165, 1.54) is 0 Å². The summed E-state index contributed by atoms with van der Waals surface area (Å²) in [6, 6.07) is 15.3. The van der Waals surface area contributed by atoms with E-state index < -0.39 is 0 Å². The number of nitrogens with two attached hydrogens (primary N) is 1. The highest BCUT2D eigenvalue weighted by Gasteiger charge is 2.06. The molecule has 4 nitrogen and oxygen atoms in total. The molecule has 0 amide bonds. The van der Waals surface area contributed by atoms with Crippen molar-refractivity contribution in [1.82, 2.24) is 0 Å². The summed E-state index contributed by atoms with van der Waals surface area (Å²) in [4.78, 5) is 0. The van der Waals surface area contributed by atoms with E-state index in [2.05, 4.69) is 6.07 Å². The van der Waals surface area contributed by atoms with Crippen LogP contribution in [0, 0.1) is 11.3 Å². The molecule has 0 aliphatic rings. The number of ether oxygens (including phenoxy) is 2. The van der Waals surface area contributed by atoms with Gasteiger partial charge in [0.15, 0.2) is 11.5 Å². The van der Waals surface area contributed by atoms with Gasteiger partial charge in [0.05, 0.1) is 18.7 Å². The number of hydrogen-bond acceptors (Lipinski definition) is 4. The minimum absolute atomic E-state index is 0.391. The molecule has 21 heavy (non-hydrogen) atoms. The number of nitriles is 1. The molecule has 0 radical (unpaired) electrons. The Bertz CT molecular complexity index is 647. The van der Waals surface area contributed by atoms with Crippen molar-refractivity contribution >= 4 is 0 Å². The van der Waals surface area contributed by atoms with Crippen LogP contribution >= 0.6 is 0 Å². The minimum Gasteiger partial charge on any atom is -0.493 e. The zero-order valence-electron chi connectivity index (χ0n) is 12.0. The maximum Gasteiger partial charge on any atom is 0.161 e. The van der Waals surface area contributed by atoms with Gasteiger partial charge in [-0.1, -0.05) is 18.2 Å². The Balaban J connectivity index is 2.10. The molecule has 2 aromatic carbocycles. The van der Waals surface area contributed by atoms with Gasteiger partial charge in [-0.25, -0.2) is 0 Å². The highest BCUT2D eigenvalue weighted by atomic mass is 16.5. The van der Waals surface area contributed by atoms with Crippen LogP contribution in [0.2, 0.25) is 0 Å². The standard InChI is InChI=1S/C17H18N2O2/c1-20-17-10-13(7-8-18)5-6-16(17)21-12-15-4-2-3-14(9-15)11-19/h2-6,9-10H,7-8,12,18H2,1H3. The Morgan fingerprint density at radius 3 is 2.67 bits per heavy atom. The smallest absolute Gasteiger partial charge is 0.161 e. The fourth-order valence-corrected chi connectivity index (χ4v) is 2.05. The molecule has 2 aromatic rings. The van der Waals surface area contributed by atoms with E-state index >= 15 is 0 Å². The number of methoxy groups -OCH3 is 1. The molecule has 4 heteroatoms. The minimum atomic E-state index is 0.391. The molecule has 0 saturated carbocycles. The molecule has 0 bridgehead atoms. The highest BCUT2D eigenvalue weighted by molar-refractivity contribution is 5.43. The lowest BCUT2D eigenvalue weighted by Crippen LogP contribution is -2.03. The van der Waals surface area contributed by atoms with Crippen LogP contribution in [-0.2, 0) is 13.0 Å². The van der Waals surface area contributed by atoms with Crippen LogP contribution in [0.5, 0.6) is 11.5 Å². The van der Waals surface area contributed by atoms with Crippen LogP contribution < -0.4 is 15.2 Å². The molecule has 0 unspecified atom stereocenters. The largest absolute Gasteiger partial charge is 0.493 e. The number of rotatable bonds is 6. The lowest BCUT2D eigenvalue weighted by atomic mass is 10.1. The van der Waals surface area contributed by atoms with Gasteiger partial charge in [0.25, 0.3) is 0 Å². The van der Waals surface area contributed by atoms with Gasteiger partial charge in [-0.2, -0.15) is 5.26 Å². The van der Waals surface area contributed by atoms with E-state index in [1.807, 2.05) is 36.4 Å². The summed E-state index contributed by atoms with van der Waals surface area (Å²) in [5.74, 6) is 1.37. The zero-order chi connectivity index (χ0) is 15.1. The molecule has 0 atom stereocenters. The Morgan fingerprint density at radius 2 is 1.95 bits per heavy atom. The van der Waals surface area contributed by atoms with E-state index in [1.54, 1.807) is 13.2 Å². The normalized spacial score (nSPS) is 9.95. The third-order valence-electron chi connectivity index (χ3n) is 3.11. The number of nitrogens with zero attached hydrogens (tertiary/aromatic N) is 1. The third-order valence-corrected chi connectivity index (χ3v) is 3.11. The van der Waals surface area contributed by atoms with Crippen molar-refractivity contribution in [2.45, 2.75) is 13.0 Å². The molecule has 0 fully saturated rings. The second-order valence-electron chi connectivity index (χ2n) is 4.62. The molecule has 0 aliphatic carbocycles. The van der Waals surface area contributed by atoms with Gasteiger partial charge in [-0.05, 0) is 48.4 Å². The van der Waals surface area contributed by atoms with Crippen LogP contribution in [-0.4, -0.2) is 13.7 Å². The topological polar surface area (TPSA) is 68.3 Å². The van der Waals surface area contributed by atoms with Gasteiger partial charge in [0.2, 0.25) is 0 Å². The molecule has 2 rings (SSSR count). The molecular weight excluding hydrogens is 264 g/mol. The van der Waals surface area contributed by atoms with Gasteiger partial charge in [-0.15, -0.1) is 0 Å². The van der Waals surface area contributed by atoms with E-state index in [9.17, 15) is 0 Å². The van der Waals surface area contributed by atoms with Crippen LogP contribution in [0.4, 0.5) is 0 Å². The van der Waals surface area contributed by atoms with Crippen molar-refractivity contribution in [2.75, 3.05) is 13.7 Å². The molecule has 2 N–H and O–H groups in total. The first-order valence-corrected chi connectivity index (χ1v) is 6.75. The summed E-state index contributed by atoms with van der Waals surface area (Å²) in [5, 5.41) is 8.89. The van der Waals surface area contributed by atoms with E-state index in [0.717, 1.165) is 17.5 Å². The van der Waals surface area contributed by atoms with Crippen molar-refractivity contribution < 1.29 is 9.47 Å². The Kier molecular flexibility index (Phi) is 5.19. The van der Waals surface area contributed by atoms with Crippen molar-refractivity contribution in [2.24, 2.45) is 5.73 Å². The van der Waals surface area contributed by atoms with Crippen molar-refractivity contribution in [1.29, 1.82) is 5.26 Å². The molecule has 0 aliphatic heterocycles. The molecule has 0 heterocycles. The summed E-state index contributed by atoms with van der Waals surface area (Å²) in [7, 11) is 1.62. The number of hydrogen-bond donors (Lipinski definition) is 1. The van der Waals surface area contributed by atoms with Crippen LogP contribution in [0.15, 0.2) is 42.5 Å². The first-order valence-electron chi connectivity index (χ1n) is 6.75. The SMILES string of the molecule is COc1cc(CCN)ccc1OCc1cccc(C#N)c1. The summed E-state index contributed by atoms with van der Waals surface area (Å²) < 4.78 is 11.1. The van der Waals surface area contributed by atoms with Crippen molar-refractivity contribution in [3.8, 4) is 17.6 Å². The first-order chi connectivity index (χ1) is 10.3. The predicted molar refractivity (Wildman–Crippen MR) is 81.2 cm³/mol. The van der Waals surface area contributed by atoms with Crippen LogP contribution in [0.25, 0.3) is 0 Å². The Labute approximate surface area is 124 Å². The molecule has 0 saturated heterocycles. The Hall–Kier alpha value is -2.51. The van der Waals surface area contributed by atoms with Crippen molar-refractivity contribution in [3.05, 3.63) is 59.2 Å². The summed E-state index contributed by atoms with van der Waals surface area (Å²) >= 11 is 0. The summed E-state index contributed by atoms with van der Waals surface area (Å²) in [6.07, 6.45) is 0.806. The van der Waals surface area contributed by atoms with Gasteiger partial charge in [-0.3, -0.25) is 0 Å². The van der Waals surface area contributed by atoms with E-state index in [4.69, 9.17) is 20.5 Å². The fourth-order valence-electron chi connectivity index (χ4n) is 2.05. The fraction of sp³-hybridized carbons (Fsp3) is 0.235. The monoisotopic (exact) mass is 282 g/mol. The second kappa shape index (κ2) is 7.32. The number of benzene rings is 2. The van der Waals surface area contributed by atoms with Crippen molar-refractivity contribution in [3.63, 3.8) is 0 Å². The maximum absolute atomic E-state index is 8.89. The lowest BCUT2D eigenvalue weighted by Gasteiger charge is -2.12. The van der Waals surface area contributed by atoms with Gasteiger partial charge in [0.1, 0.15) is 6.61 Å². The average Bonchev–Trinajstić information content (AvgIpc) is 2.54. The van der Waals surface area contributed by atoms with Crippen LogP contribution in [0.1, 0.15) is 16.7 Å². The molecule has 0 aromatic heterocycles. The highest BCUT2D eigenvalue weighted by Crippen LogP contribution is 2.29. The average molecular weight is 282 g/mol. The van der Waals surface area contributed by atoms with Gasteiger partial charge < -0.3 is 15.2 Å². The second-order valence-corrected chi connectivity index (χ2v) is 4.62. The third kappa shape index (κ3) is 3.98. The summed E-state index contributed by atoms with van der Waals surface area (Å²) in [6.45, 7) is 0.992. The zero-order valence-corrected chi connectivity index (χ0v) is 12.0. The lowest BCUT2D eigenvalue weighted by molar-refractivity contribution is 0.284. The van der Waals surface area contributed by atoms with Gasteiger partial charge >= 0.3 is 0 Å². The van der Waals surface area contributed by atoms with E-state index in [0.29, 0.717) is 30.2 Å². The van der Waals surface area contributed by atoms with Crippen LogP contribution in [0.3, 0.4) is 0 Å². The Morgan fingerprint density at radius 1 is 1.10 bits per heavy atom. The molecular formula is C17H18N2O2. The first kappa shape index (κ1) is 14.9. The predicted octanol–water partition coefficient (Wildman–Crippen LogP) is 2.65. The summed E-state index contributed by atoms with van der Waals surface area (Å²) in [5.41, 5.74) is 8.25. The maximum atomic E-state index is 8.89. The van der Waals surface area contributed by atoms with Gasteiger partial charge in [0, 0.05) is 0 Å². The van der Waals surface area contributed by atoms with E-state index in [-0.39, 0.29) is 0 Å².